The van der Waals surface area contributed by atoms with Crippen molar-refractivity contribution in [2.45, 2.75) is 39.7 Å². The van der Waals surface area contributed by atoms with Gasteiger partial charge in [0.1, 0.15) is 5.76 Å². The Morgan fingerprint density at radius 3 is 2.79 bits per heavy atom. The summed E-state index contributed by atoms with van der Waals surface area (Å²) < 4.78 is 5.28. The molecule has 2 aromatic rings. The number of amides is 2. The third-order valence-electron chi connectivity index (χ3n) is 5.11. The van der Waals surface area contributed by atoms with Crippen molar-refractivity contribution in [2.24, 2.45) is 5.41 Å². The second-order valence-electron chi connectivity index (χ2n) is 7.17. The molecule has 1 unspecified atom stereocenters. The molecule has 1 aromatic heterocycles. The van der Waals surface area contributed by atoms with Gasteiger partial charge in [-0.05, 0) is 24.3 Å². The first kappa shape index (κ1) is 16.6. The van der Waals surface area contributed by atoms with Crippen LogP contribution in [-0.4, -0.2) is 29.0 Å². The average Bonchev–Trinajstić information content (AvgIpc) is 2.98. The number of nitrogens with zero attached hydrogens (tertiary/aromatic N) is 2. The molecule has 3 rings (SSSR count). The summed E-state index contributed by atoms with van der Waals surface area (Å²) in [5.41, 5.74) is 2.29. The fourth-order valence-electron chi connectivity index (χ4n) is 3.35. The first-order chi connectivity index (χ1) is 11.5. The molecule has 1 N–H and O–H groups in total. The van der Waals surface area contributed by atoms with E-state index in [1.807, 2.05) is 17.9 Å². The number of urea groups is 1. The Bertz CT molecular complexity index is 694. The van der Waals surface area contributed by atoms with Crippen molar-refractivity contribution in [2.75, 3.05) is 13.1 Å². The van der Waals surface area contributed by atoms with Gasteiger partial charge in [0.05, 0.1) is 12.2 Å². The van der Waals surface area contributed by atoms with Crippen LogP contribution in [0.2, 0.25) is 0 Å². The van der Waals surface area contributed by atoms with Crippen molar-refractivity contribution < 1.29 is 9.21 Å². The zero-order valence-electron chi connectivity index (χ0n) is 14.6. The highest BCUT2D eigenvalue weighted by molar-refractivity contribution is 5.74. The maximum Gasteiger partial charge on any atom is 0.317 e. The van der Waals surface area contributed by atoms with E-state index >= 15 is 0 Å². The molecular weight excluding hydrogens is 302 g/mol. The third kappa shape index (κ3) is 3.45. The van der Waals surface area contributed by atoms with Crippen LogP contribution in [0.15, 0.2) is 41.1 Å². The van der Waals surface area contributed by atoms with E-state index in [2.05, 4.69) is 48.4 Å². The van der Waals surface area contributed by atoms with Gasteiger partial charge in [-0.25, -0.2) is 9.78 Å². The molecule has 128 valence electrons. The maximum absolute atomic E-state index is 12.5. The summed E-state index contributed by atoms with van der Waals surface area (Å²) in [4.78, 5) is 18.5. The van der Waals surface area contributed by atoms with Crippen LogP contribution in [0, 0.1) is 12.3 Å². The molecule has 1 fully saturated rings. The summed E-state index contributed by atoms with van der Waals surface area (Å²) in [6, 6.07) is 10.4. The number of likely N-dealkylation sites (tertiary alicyclic amines) is 1. The van der Waals surface area contributed by atoms with E-state index in [4.69, 9.17) is 4.42 Å². The van der Waals surface area contributed by atoms with Crippen LogP contribution in [0.4, 0.5) is 4.79 Å². The molecule has 5 nitrogen and oxygen atoms in total. The molecule has 1 saturated heterocycles. The molecule has 0 radical (unpaired) electrons. The fourth-order valence-corrected chi connectivity index (χ4v) is 3.35. The number of piperidine rings is 1. The molecule has 5 heteroatoms. The second-order valence-corrected chi connectivity index (χ2v) is 7.17. The number of carbonyl (C=O) groups excluding carboxylic acids is 1. The van der Waals surface area contributed by atoms with Crippen LogP contribution in [0.25, 0.3) is 0 Å². The minimum Gasteiger partial charge on any atom is -0.446 e. The minimum atomic E-state index is -0.0396. The van der Waals surface area contributed by atoms with E-state index in [1.54, 1.807) is 0 Å². The Kier molecular flexibility index (Phi) is 4.60. The van der Waals surface area contributed by atoms with Crippen LogP contribution in [0.3, 0.4) is 0 Å². The predicted molar refractivity (Wildman–Crippen MR) is 92.6 cm³/mol. The number of aromatic nitrogens is 1. The second kappa shape index (κ2) is 6.67. The lowest BCUT2D eigenvalue weighted by atomic mass is 9.70. The number of rotatable bonds is 3. The summed E-state index contributed by atoms with van der Waals surface area (Å²) in [6.45, 7) is 8.34. The zero-order valence-corrected chi connectivity index (χ0v) is 14.6. The highest BCUT2D eigenvalue weighted by Gasteiger charge is 2.37. The predicted octanol–water partition coefficient (Wildman–Crippen LogP) is 3.71. The van der Waals surface area contributed by atoms with E-state index < -0.39 is 0 Å². The summed E-state index contributed by atoms with van der Waals surface area (Å²) >= 11 is 0. The standard InChI is InChI=1S/C19H25N3O2/c1-14-17(24-13-21-14)11-20-18(23)22-10-9-19(2,3)16(12-22)15-7-5-4-6-8-15/h4-8,13,16H,9-12H2,1-3H3,(H,20,23). The molecular formula is C19H25N3O2. The molecule has 1 aromatic carbocycles. The summed E-state index contributed by atoms with van der Waals surface area (Å²) in [5, 5.41) is 2.95. The Morgan fingerprint density at radius 1 is 1.38 bits per heavy atom. The van der Waals surface area contributed by atoms with Crippen molar-refractivity contribution in [3.05, 3.63) is 53.7 Å². The van der Waals surface area contributed by atoms with Crippen molar-refractivity contribution in [1.82, 2.24) is 15.2 Å². The highest BCUT2D eigenvalue weighted by atomic mass is 16.3. The Morgan fingerprint density at radius 2 is 2.12 bits per heavy atom. The van der Waals surface area contributed by atoms with Crippen molar-refractivity contribution in [3.63, 3.8) is 0 Å². The fraction of sp³-hybridized carbons (Fsp3) is 0.474. The van der Waals surface area contributed by atoms with Crippen molar-refractivity contribution in [1.29, 1.82) is 0 Å². The summed E-state index contributed by atoms with van der Waals surface area (Å²) in [6.07, 6.45) is 2.40. The van der Waals surface area contributed by atoms with E-state index in [0.717, 1.165) is 25.2 Å². The van der Waals surface area contributed by atoms with E-state index in [-0.39, 0.29) is 11.4 Å². The molecule has 0 aliphatic carbocycles. The van der Waals surface area contributed by atoms with Gasteiger partial charge in [0.2, 0.25) is 0 Å². The number of nitrogens with one attached hydrogen (secondary N) is 1. The lowest BCUT2D eigenvalue weighted by molar-refractivity contribution is 0.116. The van der Waals surface area contributed by atoms with E-state index in [9.17, 15) is 4.79 Å². The first-order valence-corrected chi connectivity index (χ1v) is 8.44. The molecule has 0 spiro atoms. The van der Waals surface area contributed by atoms with Crippen LogP contribution in [0.5, 0.6) is 0 Å². The smallest absolute Gasteiger partial charge is 0.317 e. The lowest BCUT2D eigenvalue weighted by Gasteiger charge is -2.44. The van der Waals surface area contributed by atoms with Gasteiger partial charge in [-0.3, -0.25) is 0 Å². The molecule has 0 saturated carbocycles. The van der Waals surface area contributed by atoms with Crippen molar-refractivity contribution in [3.8, 4) is 0 Å². The van der Waals surface area contributed by atoms with Crippen LogP contribution in [-0.2, 0) is 6.54 Å². The monoisotopic (exact) mass is 327 g/mol. The number of hydrogen-bond acceptors (Lipinski definition) is 3. The number of oxazole rings is 1. The molecule has 1 aliphatic rings. The van der Waals surface area contributed by atoms with Gasteiger partial charge in [-0.15, -0.1) is 0 Å². The van der Waals surface area contributed by atoms with E-state index in [0.29, 0.717) is 18.2 Å². The highest BCUT2D eigenvalue weighted by Crippen LogP contribution is 2.42. The molecule has 0 bridgehead atoms. The van der Waals surface area contributed by atoms with Gasteiger partial charge in [-0.1, -0.05) is 44.2 Å². The number of carbonyl (C=O) groups is 1. The number of benzene rings is 1. The van der Waals surface area contributed by atoms with Gasteiger partial charge in [0, 0.05) is 19.0 Å². The molecule has 2 amide bonds. The van der Waals surface area contributed by atoms with Gasteiger partial charge in [0.15, 0.2) is 6.39 Å². The van der Waals surface area contributed by atoms with Crippen molar-refractivity contribution >= 4 is 6.03 Å². The van der Waals surface area contributed by atoms with Crippen LogP contribution < -0.4 is 5.32 Å². The summed E-state index contributed by atoms with van der Waals surface area (Å²) in [5.74, 6) is 1.05. The van der Waals surface area contributed by atoms with Crippen LogP contribution in [0.1, 0.15) is 43.2 Å². The van der Waals surface area contributed by atoms with Gasteiger partial charge in [-0.2, -0.15) is 0 Å². The first-order valence-electron chi connectivity index (χ1n) is 8.44. The number of aryl methyl sites for hydroxylation is 1. The molecule has 1 atom stereocenters. The average molecular weight is 327 g/mol. The Hall–Kier alpha value is -2.30. The summed E-state index contributed by atoms with van der Waals surface area (Å²) in [7, 11) is 0. The van der Waals surface area contributed by atoms with Gasteiger partial charge >= 0.3 is 6.03 Å². The number of hydrogen-bond donors (Lipinski definition) is 1. The molecule has 24 heavy (non-hydrogen) atoms. The largest absolute Gasteiger partial charge is 0.446 e. The molecule has 2 heterocycles. The van der Waals surface area contributed by atoms with Gasteiger partial charge in [0.25, 0.3) is 0 Å². The van der Waals surface area contributed by atoms with E-state index in [1.165, 1.54) is 12.0 Å². The van der Waals surface area contributed by atoms with Gasteiger partial charge < -0.3 is 14.6 Å². The zero-order chi connectivity index (χ0) is 17.2. The Balaban J connectivity index is 1.66. The SMILES string of the molecule is Cc1ncoc1CNC(=O)N1CCC(C)(C)C(c2ccccc2)C1. The normalized spacial score (nSPS) is 20.0. The lowest BCUT2D eigenvalue weighted by Crippen LogP contribution is -2.49. The maximum atomic E-state index is 12.5. The topological polar surface area (TPSA) is 58.4 Å². The quantitative estimate of drug-likeness (QED) is 0.935. The Labute approximate surface area is 143 Å². The van der Waals surface area contributed by atoms with Crippen LogP contribution >= 0.6 is 0 Å². The minimum absolute atomic E-state index is 0.0396. The molecule has 1 aliphatic heterocycles. The third-order valence-corrected chi connectivity index (χ3v) is 5.11.